The highest BCUT2D eigenvalue weighted by molar-refractivity contribution is 5.90. The first-order valence-corrected chi connectivity index (χ1v) is 6.86. The topological polar surface area (TPSA) is 37.3 Å². The summed E-state index contributed by atoms with van der Waals surface area (Å²) in [7, 11) is 0. The highest BCUT2D eigenvalue weighted by Gasteiger charge is 2.38. The molecule has 2 nitrogen and oxygen atoms in total. The van der Waals surface area contributed by atoms with E-state index in [1.807, 2.05) is 6.08 Å². The van der Waals surface area contributed by atoms with E-state index in [1.165, 1.54) is 11.1 Å². The summed E-state index contributed by atoms with van der Waals surface area (Å²) in [5.41, 5.74) is 3.77. The molecule has 19 heavy (non-hydrogen) atoms. The smallest absolute Gasteiger partial charge is 0.332 e. The Morgan fingerprint density at radius 2 is 2.00 bits per heavy atom. The van der Waals surface area contributed by atoms with Crippen LogP contribution in [0.4, 0.5) is 0 Å². The van der Waals surface area contributed by atoms with Crippen LogP contribution in [0.2, 0.25) is 0 Å². The highest BCUT2D eigenvalue weighted by atomic mass is 16.4. The minimum atomic E-state index is -0.785. The Morgan fingerprint density at radius 3 is 2.58 bits per heavy atom. The number of hydrogen-bond donors (Lipinski definition) is 1. The number of aryl methyl sites for hydroxylation is 2. The first-order chi connectivity index (χ1) is 8.84. The standard InChI is InChI=1S/C17H22O2/c1-11-5-8-15(16(18)19)17(4,10-11)14-7-6-12(2)13(3)9-14/h6-9,11H,5,10H2,1-4H3,(H,18,19)/t11-,17-/m0/s1. The molecule has 1 aliphatic rings. The Hall–Kier alpha value is -1.57. The molecular formula is C17H22O2. The van der Waals surface area contributed by atoms with Gasteiger partial charge in [0.2, 0.25) is 0 Å². The molecule has 0 saturated heterocycles. The van der Waals surface area contributed by atoms with Crippen LogP contribution in [0.3, 0.4) is 0 Å². The number of hydrogen-bond acceptors (Lipinski definition) is 1. The molecule has 1 aromatic rings. The van der Waals surface area contributed by atoms with Crippen LogP contribution < -0.4 is 0 Å². The SMILES string of the molecule is Cc1ccc([C@]2(C)C[C@@H](C)CC=C2C(=O)O)cc1C. The summed E-state index contributed by atoms with van der Waals surface area (Å²) in [6, 6.07) is 6.32. The second kappa shape index (κ2) is 4.84. The zero-order valence-electron chi connectivity index (χ0n) is 12.2. The summed E-state index contributed by atoms with van der Waals surface area (Å²) >= 11 is 0. The van der Waals surface area contributed by atoms with Gasteiger partial charge in [0.1, 0.15) is 0 Å². The van der Waals surface area contributed by atoms with E-state index in [0.29, 0.717) is 11.5 Å². The molecule has 0 amide bonds. The molecule has 0 spiro atoms. The van der Waals surface area contributed by atoms with Crippen LogP contribution in [0.25, 0.3) is 0 Å². The predicted molar refractivity (Wildman–Crippen MR) is 77.4 cm³/mol. The molecule has 2 heteroatoms. The number of aliphatic carboxylic acids is 1. The quantitative estimate of drug-likeness (QED) is 0.870. The van der Waals surface area contributed by atoms with Crippen molar-refractivity contribution >= 4 is 5.97 Å². The van der Waals surface area contributed by atoms with Crippen LogP contribution in [0.5, 0.6) is 0 Å². The first kappa shape index (κ1) is 13.9. The molecule has 2 atom stereocenters. The number of carboxylic acid groups (broad SMARTS) is 1. The van der Waals surface area contributed by atoms with Crippen molar-refractivity contribution in [2.45, 2.75) is 46.0 Å². The van der Waals surface area contributed by atoms with E-state index in [2.05, 4.69) is 45.9 Å². The third-order valence-electron chi connectivity index (χ3n) is 4.45. The molecule has 0 heterocycles. The molecule has 0 bridgehead atoms. The molecule has 0 radical (unpaired) electrons. The van der Waals surface area contributed by atoms with Crippen molar-refractivity contribution in [1.29, 1.82) is 0 Å². The van der Waals surface area contributed by atoms with Gasteiger partial charge in [0.25, 0.3) is 0 Å². The van der Waals surface area contributed by atoms with Crippen LogP contribution in [0.15, 0.2) is 29.8 Å². The van der Waals surface area contributed by atoms with Gasteiger partial charge in [-0.25, -0.2) is 4.79 Å². The Balaban J connectivity index is 2.54. The minimum Gasteiger partial charge on any atom is -0.478 e. The number of benzene rings is 1. The lowest BCUT2D eigenvalue weighted by Crippen LogP contribution is -2.34. The maximum Gasteiger partial charge on any atom is 0.332 e. The second-order valence-electron chi connectivity index (χ2n) is 6.10. The molecule has 2 rings (SSSR count). The average molecular weight is 258 g/mol. The summed E-state index contributed by atoms with van der Waals surface area (Å²) < 4.78 is 0. The normalized spacial score (nSPS) is 26.9. The third-order valence-corrected chi connectivity index (χ3v) is 4.45. The Kier molecular flexibility index (Phi) is 3.53. The molecule has 1 aliphatic carbocycles. The number of allylic oxidation sites excluding steroid dienone is 1. The lowest BCUT2D eigenvalue weighted by molar-refractivity contribution is -0.133. The zero-order valence-corrected chi connectivity index (χ0v) is 12.2. The fraction of sp³-hybridized carbons (Fsp3) is 0.471. The average Bonchev–Trinajstić information content (AvgIpc) is 2.31. The van der Waals surface area contributed by atoms with Gasteiger partial charge in [0.05, 0.1) is 0 Å². The molecule has 0 aromatic heterocycles. The van der Waals surface area contributed by atoms with Crippen LogP contribution in [0.1, 0.15) is 43.4 Å². The molecule has 102 valence electrons. The van der Waals surface area contributed by atoms with Crippen molar-refractivity contribution in [3.8, 4) is 0 Å². The lowest BCUT2D eigenvalue weighted by atomic mass is 9.66. The van der Waals surface area contributed by atoms with E-state index in [1.54, 1.807) is 0 Å². The Labute approximate surface area is 115 Å². The van der Waals surface area contributed by atoms with Gasteiger partial charge in [0, 0.05) is 11.0 Å². The summed E-state index contributed by atoms with van der Waals surface area (Å²) in [6.45, 7) is 8.42. The fourth-order valence-corrected chi connectivity index (χ4v) is 3.12. The van der Waals surface area contributed by atoms with Gasteiger partial charge in [-0.2, -0.15) is 0 Å². The van der Waals surface area contributed by atoms with E-state index in [-0.39, 0.29) is 5.41 Å². The lowest BCUT2D eigenvalue weighted by Gasteiger charge is -2.37. The number of carboxylic acids is 1. The van der Waals surface area contributed by atoms with Gasteiger partial charge in [-0.3, -0.25) is 0 Å². The van der Waals surface area contributed by atoms with Crippen molar-refractivity contribution in [2.24, 2.45) is 5.92 Å². The summed E-state index contributed by atoms with van der Waals surface area (Å²) in [6.07, 6.45) is 3.67. The monoisotopic (exact) mass is 258 g/mol. The van der Waals surface area contributed by atoms with E-state index < -0.39 is 5.97 Å². The van der Waals surface area contributed by atoms with E-state index in [4.69, 9.17) is 0 Å². The molecule has 1 aromatic carbocycles. The van der Waals surface area contributed by atoms with Gasteiger partial charge in [-0.1, -0.05) is 38.1 Å². The van der Waals surface area contributed by atoms with Gasteiger partial charge in [0.15, 0.2) is 0 Å². The van der Waals surface area contributed by atoms with Gasteiger partial charge in [-0.15, -0.1) is 0 Å². The maximum absolute atomic E-state index is 11.5. The van der Waals surface area contributed by atoms with Gasteiger partial charge >= 0.3 is 5.97 Å². The summed E-state index contributed by atoms with van der Waals surface area (Å²) in [4.78, 5) is 11.5. The predicted octanol–water partition coefficient (Wildman–Crippen LogP) is 4.00. The molecule has 0 aliphatic heterocycles. The van der Waals surface area contributed by atoms with Gasteiger partial charge in [-0.05, 0) is 49.3 Å². The maximum atomic E-state index is 11.5. The van der Waals surface area contributed by atoms with Gasteiger partial charge < -0.3 is 5.11 Å². The largest absolute Gasteiger partial charge is 0.478 e. The first-order valence-electron chi connectivity index (χ1n) is 6.86. The Bertz CT molecular complexity index is 542. The van der Waals surface area contributed by atoms with Crippen LogP contribution in [-0.2, 0) is 10.2 Å². The molecule has 0 saturated carbocycles. The van der Waals surface area contributed by atoms with Crippen molar-refractivity contribution < 1.29 is 9.90 Å². The highest BCUT2D eigenvalue weighted by Crippen LogP contribution is 2.43. The van der Waals surface area contributed by atoms with Crippen molar-refractivity contribution in [3.63, 3.8) is 0 Å². The zero-order chi connectivity index (χ0) is 14.2. The molecule has 1 N–H and O–H groups in total. The summed E-state index contributed by atoms with van der Waals surface area (Å²) in [5.74, 6) is -0.262. The molecule has 0 unspecified atom stereocenters. The van der Waals surface area contributed by atoms with Crippen molar-refractivity contribution in [1.82, 2.24) is 0 Å². The van der Waals surface area contributed by atoms with Crippen LogP contribution >= 0.6 is 0 Å². The summed E-state index contributed by atoms with van der Waals surface area (Å²) in [5, 5.41) is 9.48. The van der Waals surface area contributed by atoms with E-state index in [0.717, 1.165) is 18.4 Å². The van der Waals surface area contributed by atoms with Crippen molar-refractivity contribution in [2.75, 3.05) is 0 Å². The molecular weight excluding hydrogens is 236 g/mol. The van der Waals surface area contributed by atoms with Crippen LogP contribution in [0, 0.1) is 19.8 Å². The van der Waals surface area contributed by atoms with Crippen LogP contribution in [-0.4, -0.2) is 11.1 Å². The Morgan fingerprint density at radius 1 is 1.32 bits per heavy atom. The second-order valence-corrected chi connectivity index (χ2v) is 6.10. The third kappa shape index (κ3) is 2.44. The van der Waals surface area contributed by atoms with E-state index >= 15 is 0 Å². The minimum absolute atomic E-state index is 0.373. The van der Waals surface area contributed by atoms with Crippen molar-refractivity contribution in [3.05, 3.63) is 46.5 Å². The fourth-order valence-electron chi connectivity index (χ4n) is 3.12. The van der Waals surface area contributed by atoms with E-state index in [9.17, 15) is 9.90 Å². The molecule has 0 fully saturated rings. The number of rotatable bonds is 2. The number of carbonyl (C=O) groups is 1.